The average Bonchev–Trinajstić information content (AvgIpc) is 3.59. The summed E-state index contributed by atoms with van der Waals surface area (Å²) in [6.45, 7) is -2.38. The largest absolute Gasteiger partial charge is 0.364 e. The zero-order valence-corrected chi connectivity index (χ0v) is 17.9. The summed E-state index contributed by atoms with van der Waals surface area (Å²) in [6.07, 6.45) is 2.73. The fourth-order valence-corrected chi connectivity index (χ4v) is 3.82. The van der Waals surface area contributed by atoms with E-state index in [1.54, 1.807) is 25.2 Å². The van der Waals surface area contributed by atoms with E-state index in [1.807, 2.05) is 17.3 Å². The lowest BCUT2D eigenvalue weighted by atomic mass is 10.1. The first-order valence-corrected chi connectivity index (χ1v) is 10.3. The van der Waals surface area contributed by atoms with Gasteiger partial charge >= 0.3 is 5.69 Å². The van der Waals surface area contributed by atoms with E-state index in [-0.39, 0.29) is 34.8 Å². The third kappa shape index (κ3) is 3.58. The Morgan fingerprint density at radius 3 is 2.82 bits per heavy atom. The summed E-state index contributed by atoms with van der Waals surface area (Å²) in [6, 6.07) is 5.23. The molecule has 2 aromatic heterocycles. The number of hydrogen-bond acceptors (Lipinski definition) is 8. The first-order chi connectivity index (χ1) is 17.0. The minimum atomic E-state index is -2.72. The highest BCUT2D eigenvalue weighted by atomic mass is 16.2. The molecule has 12 heteroatoms. The van der Waals surface area contributed by atoms with Crippen molar-refractivity contribution >= 4 is 35.0 Å². The van der Waals surface area contributed by atoms with E-state index in [4.69, 9.17) is 4.11 Å². The molecule has 0 radical (unpaired) electrons. The summed E-state index contributed by atoms with van der Waals surface area (Å²) in [5.74, 6) is -0.694. The number of carbonyl (C=O) groups is 2. The number of rotatable bonds is 5. The molecule has 1 aliphatic carbocycles. The van der Waals surface area contributed by atoms with Crippen molar-refractivity contribution in [1.82, 2.24) is 29.6 Å². The van der Waals surface area contributed by atoms with Crippen molar-refractivity contribution in [3.63, 3.8) is 0 Å². The molecule has 1 aromatic carbocycles. The number of para-hydroxylation sites is 1. The second-order valence-electron chi connectivity index (χ2n) is 7.99. The minimum Gasteiger partial charge on any atom is -0.364 e. The van der Waals surface area contributed by atoms with Crippen LogP contribution in [0.5, 0.6) is 0 Å². The van der Waals surface area contributed by atoms with Crippen molar-refractivity contribution in [3.8, 4) is 5.69 Å². The van der Waals surface area contributed by atoms with Gasteiger partial charge < -0.3 is 15.5 Å². The van der Waals surface area contributed by atoms with Crippen molar-refractivity contribution in [1.29, 1.82) is 0 Å². The van der Waals surface area contributed by atoms with Crippen LogP contribution in [-0.4, -0.2) is 50.2 Å². The highest BCUT2D eigenvalue weighted by Crippen LogP contribution is 2.38. The fraction of sp³-hybridized carbons (Fsp3) is 0.333. The molecule has 3 N–H and O–H groups in total. The zero-order valence-electron chi connectivity index (χ0n) is 20.9. The summed E-state index contributed by atoms with van der Waals surface area (Å²) in [5, 5.41) is 11.9. The molecule has 1 fully saturated rings. The Morgan fingerprint density at radius 1 is 1.24 bits per heavy atom. The van der Waals surface area contributed by atoms with Crippen LogP contribution in [0.4, 0.5) is 23.1 Å². The molecule has 2 amide bonds. The topological polar surface area (TPSA) is 139 Å². The van der Waals surface area contributed by atoms with Gasteiger partial charge in [0, 0.05) is 37.3 Å². The van der Waals surface area contributed by atoms with E-state index in [9.17, 15) is 14.4 Å². The van der Waals surface area contributed by atoms with Crippen LogP contribution in [0.25, 0.3) is 5.69 Å². The lowest BCUT2D eigenvalue weighted by Gasteiger charge is -2.29. The number of fused-ring (bicyclic) bond motifs is 3. The van der Waals surface area contributed by atoms with Gasteiger partial charge in [-0.25, -0.2) is 19.0 Å². The summed E-state index contributed by atoms with van der Waals surface area (Å²) < 4.78 is 24.9. The SMILES string of the molecule is [2H]C([2H])([2H])NC(=O)c1cnc(NC(=O)C2CC2)nc1Nc1cccc2c1N(C)Cc1nn(C)c(=O)n1-2. The normalized spacial score (nSPS) is 16.1. The van der Waals surface area contributed by atoms with Crippen LogP contribution in [0, 0.1) is 5.92 Å². The van der Waals surface area contributed by atoms with E-state index in [0.29, 0.717) is 29.4 Å². The maximum Gasteiger partial charge on any atom is 0.350 e. The molecule has 0 saturated heterocycles. The number of benzene rings is 1. The van der Waals surface area contributed by atoms with Crippen LogP contribution in [0.1, 0.15) is 33.1 Å². The Morgan fingerprint density at radius 2 is 2.06 bits per heavy atom. The minimum absolute atomic E-state index is 0.0102. The van der Waals surface area contributed by atoms with E-state index in [1.165, 1.54) is 9.25 Å². The molecule has 33 heavy (non-hydrogen) atoms. The van der Waals surface area contributed by atoms with Gasteiger partial charge in [0.2, 0.25) is 11.9 Å². The monoisotopic (exact) mass is 452 g/mol. The molecule has 5 rings (SSSR count). The van der Waals surface area contributed by atoms with Crippen LogP contribution >= 0.6 is 0 Å². The Balaban J connectivity index is 1.57. The lowest BCUT2D eigenvalue weighted by molar-refractivity contribution is -0.117. The Labute approximate surface area is 192 Å². The number of nitrogens with zero attached hydrogens (tertiary/aromatic N) is 6. The van der Waals surface area contributed by atoms with Crippen molar-refractivity contribution in [3.05, 3.63) is 46.3 Å². The highest BCUT2D eigenvalue weighted by Gasteiger charge is 2.31. The standard InChI is InChI=1S/C21H23N9O3/c1-22-19(32)12-9-23-20(26-18(31)11-7-8-11)25-17(12)24-13-5-4-6-14-16(13)28(2)10-15-27-29(3)21(33)30(14)15/h4-6,9,11H,7-8,10H2,1-3H3,(H,22,32)(H2,23,24,25,26,31)/i1D3. The maximum atomic E-state index is 12.7. The highest BCUT2D eigenvalue weighted by molar-refractivity contribution is 6.00. The van der Waals surface area contributed by atoms with Crippen molar-refractivity contribution < 1.29 is 13.7 Å². The van der Waals surface area contributed by atoms with Gasteiger partial charge in [0.1, 0.15) is 11.4 Å². The van der Waals surface area contributed by atoms with Gasteiger partial charge in [-0.2, -0.15) is 10.1 Å². The number of nitrogens with one attached hydrogen (secondary N) is 3. The lowest BCUT2D eigenvalue weighted by Crippen LogP contribution is -2.31. The number of aryl methyl sites for hydroxylation is 1. The number of hydrogen-bond donors (Lipinski definition) is 3. The van der Waals surface area contributed by atoms with Crippen LogP contribution in [0.15, 0.2) is 29.2 Å². The first-order valence-electron chi connectivity index (χ1n) is 11.8. The van der Waals surface area contributed by atoms with Gasteiger partial charge in [-0.3, -0.25) is 14.9 Å². The molecule has 170 valence electrons. The first kappa shape index (κ1) is 17.3. The second kappa shape index (κ2) is 7.73. The third-order valence-corrected chi connectivity index (χ3v) is 5.59. The summed E-state index contributed by atoms with van der Waals surface area (Å²) in [4.78, 5) is 47.9. The van der Waals surface area contributed by atoms with Gasteiger partial charge in [0.15, 0.2) is 5.82 Å². The van der Waals surface area contributed by atoms with Gasteiger partial charge in [0.25, 0.3) is 5.91 Å². The molecule has 3 heterocycles. The molecule has 0 bridgehead atoms. The van der Waals surface area contributed by atoms with E-state index in [0.717, 1.165) is 19.0 Å². The molecule has 3 aromatic rings. The molecule has 1 aliphatic heterocycles. The van der Waals surface area contributed by atoms with Gasteiger partial charge in [-0.1, -0.05) is 6.07 Å². The molecule has 0 atom stereocenters. The predicted molar refractivity (Wildman–Crippen MR) is 121 cm³/mol. The summed E-state index contributed by atoms with van der Waals surface area (Å²) in [7, 11) is 3.40. The Hall–Kier alpha value is -4.22. The van der Waals surface area contributed by atoms with Crippen LogP contribution < -0.4 is 26.5 Å². The molecule has 12 nitrogen and oxygen atoms in total. The smallest absolute Gasteiger partial charge is 0.350 e. The van der Waals surface area contributed by atoms with Crippen LogP contribution in [0.3, 0.4) is 0 Å². The number of aromatic nitrogens is 5. The number of anilines is 4. The molecular formula is C21H23N9O3. The van der Waals surface area contributed by atoms with Crippen LogP contribution in [-0.2, 0) is 18.4 Å². The average molecular weight is 452 g/mol. The van der Waals surface area contributed by atoms with Gasteiger partial charge in [-0.05, 0) is 25.0 Å². The van der Waals surface area contributed by atoms with Gasteiger partial charge in [-0.15, -0.1) is 0 Å². The van der Waals surface area contributed by atoms with Crippen LogP contribution in [0.2, 0.25) is 0 Å². The second-order valence-corrected chi connectivity index (χ2v) is 7.99. The molecule has 0 unspecified atom stereocenters. The van der Waals surface area contributed by atoms with Crippen molar-refractivity contribution in [2.24, 2.45) is 13.0 Å². The third-order valence-electron chi connectivity index (χ3n) is 5.59. The quantitative estimate of drug-likeness (QED) is 0.516. The number of amides is 2. The molecule has 2 aliphatic rings. The Kier molecular flexibility index (Phi) is 4.06. The zero-order chi connectivity index (χ0) is 25.8. The molecular weight excluding hydrogens is 426 g/mol. The molecule has 1 saturated carbocycles. The Bertz CT molecular complexity index is 1440. The van der Waals surface area contributed by atoms with E-state index in [2.05, 4.69) is 25.7 Å². The van der Waals surface area contributed by atoms with Crippen molar-refractivity contribution in [2.75, 3.05) is 29.6 Å². The van der Waals surface area contributed by atoms with Crippen molar-refractivity contribution in [2.45, 2.75) is 19.4 Å². The predicted octanol–water partition coefficient (Wildman–Crippen LogP) is 0.762. The van der Waals surface area contributed by atoms with E-state index >= 15 is 0 Å². The summed E-state index contributed by atoms with van der Waals surface area (Å²) in [5.41, 5.74) is 1.28. The maximum absolute atomic E-state index is 12.7. The molecule has 0 spiro atoms. The van der Waals surface area contributed by atoms with Gasteiger partial charge in [0.05, 0.1) is 23.6 Å². The fourth-order valence-electron chi connectivity index (χ4n) is 3.82. The van der Waals surface area contributed by atoms with E-state index < -0.39 is 12.9 Å². The number of carbonyl (C=O) groups excluding carboxylic acids is 2. The summed E-state index contributed by atoms with van der Waals surface area (Å²) >= 11 is 0.